The fraction of sp³-hybridized carbons (Fsp3) is 0.471. The molecular weight excluding hydrogens is 266 g/mol. The van der Waals surface area contributed by atoms with Crippen LogP contribution in [0.4, 0.5) is 5.69 Å². The fourth-order valence-electron chi connectivity index (χ4n) is 1.77. The predicted molar refractivity (Wildman–Crippen MR) is 84.3 cm³/mol. The second kappa shape index (κ2) is 9.04. The Bertz CT molecular complexity index is 529. The Labute approximate surface area is 126 Å². The molecule has 1 amide bonds. The van der Waals surface area contributed by atoms with E-state index in [4.69, 9.17) is 9.84 Å². The molecule has 1 unspecified atom stereocenters. The molecule has 114 valence electrons. The number of carbonyl (C=O) groups excluding carboxylic acids is 1. The summed E-state index contributed by atoms with van der Waals surface area (Å²) in [5, 5.41) is 11.6. The Kier molecular flexibility index (Phi) is 7.34. The largest absolute Gasteiger partial charge is 0.495 e. The first-order valence-corrected chi connectivity index (χ1v) is 7.18. The summed E-state index contributed by atoms with van der Waals surface area (Å²) < 4.78 is 5.26. The van der Waals surface area contributed by atoms with Crippen LogP contribution in [0.2, 0.25) is 0 Å². The quantitative estimate of drug-likeness (QED) is 0.792. The number of nitrogens with one attached hydrogen (secondary N) is 1. The first-order valence-electron chi connectivity index (χ1n) is 7.18. The lowest BCUT2D eigenvalue weighted by molar-refractivity contribution is -0.117. The van der Waals surface area contributed by atoms with Crippen LogP contribution in [0.3, 0.4) is 0 Å². The van der Waals surface area contributed by atoms with Crippen molar-refractivity contribution in [2.45, 2.75) is 33.1 Å². The van der Waals surface area contributed by atoms with Crippen molar-refractivity contribution in [1.29, 1.82) is 0 Å². The molecule has 0 heterocycles. The van der Waals surface area contributed by atoms with Crippen LogP contribution < -0.4 is 10.1 Å². The summed E-state index contributed by atoms with van der Waals surface area (Å²) in [7, 11) is 1.57. The highest BCUT2D eigenvalue weighted by Gasteiger charge is 2.11. The molecule has 0 radical (unpaired) electrons. The van der Waals surface area contributed by atoms with Gasteiger partial charge in [-0.25, -0.2) is 0 Å². The average molecular weight is 289 g/mol. The van der Waals surface area contributed by atoms with Gasteiger partial charge in [-0.15, -0.1) is 0 Å². The van der Waals surface area contributed by atoms with Gasteiger partial charge in [0.1, 0.15) is 5.75 Å². The van der Waals surface area contributed by atoms with E-state index in [2.05, 4.69) is 24.1 Å². The van der Waals surface area contributed by atoms with E-state index in [1.807, 2.05) is 13.0 Å². The molecule has 2 N–H and O–H groups in total. The minimum absolute atomic E-state index is 0.0249. The molecule has 1 aromatic carbocycles. The molecule has 0 fully saturated rings. The Balaban J connectivity index is 2.86. The van der Waals surface area contributed by atoms with Crippen molar-refractivity contribution in [3.8, 4) is 17.6 Å². The van der Waals surface area contributed by atoms with E-state index >= 15 is 0 Å². The van der Waals surface area contributed by atoms with E-state index in [-0.39, 0.29) is 12.5 Å². The molecule has 4 nitrogen and oxygen atoms in total. The maximum Gasteiger partial charge on any atom is 0.224 e. The van der Waals surface area contributed by atoms with Crippen molar-refractivity contribution >= 4 is 11.6 Å². The summed E-state index contributed by atoms with van der Waals surface area (Å²) in [6.45, 7) is 4.16. The Hall–Kier alpha value is -1.99. The summed E-state index contributed by atoms with van der Waals surface area (Å²) >= 11 is 0. The molecule has 0 bridgehead atoms. The van der Waals surface area contributed by atoms with Crippen molar-refractivity contribution < 1.29 is 14.6 Å². The maximum atomic E-state index is 12.0. The number of methoxy groups -OCH3 is 1. The second-order valence-corrected chi connectivity index (χ2v) is 4.96. The molecule has 21 heavy (non-hydrogen) atoms. The third-order valence-electron chi connectivity index (χ3n) is 3.17. The maximum absolute atomic E-state index is 12.0. The van der Waals surface area contributed by atoms with E-state index in [1.165, 1.54) is 0 Å². The van der Waals surface area contributed by atoms with Crippen LogP contribution >= 0.6 is 0 Å². The number of hydrogen-bond acceptors (Lipinski definition) is 3. The van der Waals surface area contributed by atoms with E-state index in [1.54, 1.807) is 19.2 Å². The van der Waals surface area contributed by atoms with E-state index < -0.39 is 0 Å². The lowest BCUT2D eigenvalue weighted by atomic mass is 10.0. The second-order valence-electron chi connectivity index (χ2n) is 4.96. The van der Waals surface area contributed by atoms with Gasteiger partial charge in [0.25, 0.3) is 0 Å². The third-order valence-corrected chi connectivity index (χ3v) is 3.17. The zero-order chi connectivity index (χ0) is 15.7. The van der Waals surface area contributed by atoms with Gasteiger partial charge in [0.2, 0.25) is 5.91 Å². The lowest BCUT2D eigenvalue weighted by Gasteiger charge is -2.12. The molecule has 4 heteroatoms. The average Bonchev–Trinajstić information content (AvgIpc) is 2.47. The van der Waals surface area contributed by atoms with Crippen LogP contribution in [0, 0.1) is 17.8 Å². The first-order chi connectivity index (χ1) is 10.1. The highest BCUT2D eigenvalue weighted by atomic mass is 16.5. The number of hydrogen-bond donors (Lipinski definition) is 2. The minimum atomic E-state index is -0.0249. The molecule has 0 aliphatic rings. The van der Waals surface area contributed by atoms with Gasteiger partial charge in [-0.1, -0.05) is 32.1 Å². The molecule has 0 saturated heterocycles. The zero-order valence-electron chi connectivity index (χ0n) is 12.9. The lowest BCUT2D eigenvalue weighted by Crippen LogP contribution is -2.15. The highest BCUT2D eigenvalue weighted by molar-refractivity contribution is 5.92. The standard InChI is InChI=1S/C17H23NO3/c1-4-13(2)11-17(20)18-15-12-14(7-5-6-10-19)8-9-16(15)21-3/h8-9,12-13,19H,4,6,10-11H2,1-3H3,(H,18,20). The van der Waals surface area contributed by atoms with E-state index in [9.17, 15) is 4.79 Å². The minimum Gasteiger partial charge on any atom is -0.495 e. The Morgan fingerprint density at radius 3 is 2.86 bits per heavy atom. The van der Waals surface area contributed by atoms with E-state index in [0.717, 1.165) is 12.0 Å². The monoisotopic (exact) mass is 289 g/mol. The van der Waals surface area contributed by atoms with Gasteiger partial charge < -0.3 is 15.2 Å². The number of anilines is 1. The summed E-state index contributed by atoms with van der Waals surface area (Å²) in [4.78, 5) is 12.0. The topological polar surface area (TPSA) is 58.6 Å². The van der Waals surface area contributed by atoms with Crippen molar-refractivity contribution in [2.75, 3.05) is 19.0 Å². The van der Waals surface area contributed by atoms with Crippen LogP contribution in [-0.4, -0.2) is 24.7 Å². The molecule has 0 saturated carbocycles. The number of aliphatic hydroxyl groups excluding tert-OH is 1. The van der Waals surface area contributed by atoms with Crippen molar-refractivity contribution in [3.05, 3.63) is 23.8 Å². The summed E-state index contributed by atoms with van der Waals surface area (Å²) in [6.07, 6.45) is 1.89. The van der Waals surface area contributed by atoms with Crippen molar-refractivity contribution in [1.82, 2.24) is 0 Å². The molecule has 0 aliphatic heterocycles. The smallest absolute Gasteiger partial charge is 0.224 e. The molecule has 1 atom stereocenters. The molecule has 0 spiro atoms. The molecular formula is C17H23NO3. The van der Waals surface area contributed by atoms with Crippen LogP contribution in [0.25, 0.3) is 0 Å². The van der Waals surface area contributed by atoms with Gasteiger partial charge in [0.05, 0.1) is 19.4 Å². The van der Waals surface area contributed by atoms with Crippen LogP contribution in [0.1, 0.15) is 38.7 Å². The molecule has 0 aromatic heterocycles. The van der Waals surface area contributed by atoms with Crippen LogP contribution in [0.15, 0.2) is 18.2 Å². The van der Waals surface area contributed by atoms with Gasteiger partial charge in [-0.05, 0) is 24.1 Å². The van der Waals surface area contributed by atoms with Gasteiger partial charge in [0.15, 0.2) is 0 Å². The predicted octanol–water partition coefficient (Wildman–Crippen LogP) is 2.80. The number of ether oxygens (including phenoxy) is 1. The number of carbonyl (C=O) groups is 1. The number of amides is 1. The van der Waals surface area contributed by atoms with Gasteiger partial charge in [-0.2, -0.15) is 0 Å². The van der Waals surface area contributed by atoms with Crippen LogP contribution in [0.5, 0.6) is 5.75 Å². The summed E-state index contributed by atoms with van der Waals surface area (Å²) in [5.74, 6) is 6.74. The molecule has 1 rings (SSSR count). The number of benzene rings is 1. The normalized spacial score (nSPS) is 11.2. The zero-order valence-corrected chi connectivity index (χ0v) is 12.9. The van der Waals surface area contributed by atoms with Crippen molar-refractivity contribution in [2.24, 2.45) is 5.92 Å². The third kappa shape index (κ3) is 5.88. The summed E-state index contributed by atoms with van der Waals surface area (Å²) in [6, 6.07) is 5.40. The number of aliphatic hydroxyl groups is 1. The number of rotatable bonds is 6. The van der Waals surface area contributed by atoms with Gasteiger partial charge in [0, 0.05) is 18.4 Å². The molecule has 1 aromatic rings. The highest BCUT2D eigenvalue weighted by Crippen LogP contribution is 2.25. The SMILES string of the molecule is CCC(C)CC(=O)Nc1cc(C#CCCO)ccc1OC. The Morgan fingerprint density at radius 1 is 1.48 bits per heavy atom. The Morgan fingerprint density at radius 2 is 2.24 bits per heavy atom. The first kappa shape index (κ1) is 17.1. The fourth-order valence-corrected chi connectivity index (χ4v) is 1.77. The van der Waals surface area contributed by atoms with Crippen LogP contribution in [-0.2, 0) is 4.79 Å². The molecule has 0 aliphatic carbocycles. The summed E-state index contributed by atoms with van der Waals surface area (Å²) in [5.41, 5.74) is 1.41. The van der Waals surface area contributed by atoms with Gasteiger partial charge >= 0.3 is 0 Å². The van der Waals surface area contributed by atoms with Crippen molar-refractivity contribution in [3.63, 3.8) is 0 Å². The van der Waals surface area contributed by atoms with Gasteiger partial charge in [-0.3, -0.25) is 4.79 Å². The van der Waals surface area contributed by atoms with E-state index in [0.29, 0.717) is 30.2 Å².